The van der Waals surface area contributed by atoms with Crippen LogP contribution in [0, 0.1) is 13.8 Å². The lowest BCUT2D eigenvalue weighted by atomic mass is 10.1. The Morgan fingerprint density at radius 1 is 1.40 bits per heavy atom. The average Bonchev–Trinajstić information content (AvgIpc) is 2.58. The second-order valence-electron chi connectivity index (χ2n) is 3.53. The van der Waals surface area contributed by atoms with E-state index >= 15 is 0 Å². The summed E-state index contributed by atoms with van der Waals surface area (Å²) in [5.41, 5.74) is 2.09. The standard InChI is InChI=1S/C10H12N4O/c1-6-9(8-4-11-14(3)5-8)12-7(2)13-10(6)15/h4-5H,1-3H3,(H,12,13,15). The van der Waals surface area contributed by atoms with Crippen LogP contribution in [0.5, 0.6) is 0 Å². The molecule has 5 nitrogen and oxygen atoms in total. The van der Waals surface area contributed by atoms with Gasteiger partial charge >= 0.3 is 0 Å². The van der Waals surface area contributed by atoms with Crippen molar-refractivity contribution in [2.75, 3.05) is 0 Å². The van der Waals surface area contributed by atoms with Gasteiger partial charge in [-0.3, -0.25) is 9.48 Å². The van der Waals surface area contributed by atoms with Crippen LogP contribution in [0.25, 0.3) is 11.3 Å². The lowest BCUT2D eigenvalue weighted by Crippen LogP contribution is -2.14. The highest BCUT2D eigenvalue weighted by molar-refractivity contribution is 5.60. The molecule has 0 saturated heterocycles. The van der Waals surface area contributed by atoms with E-state index in [1.54, 1.807) is 24.7 Å². The molecule has 1 N–H and O–H groups in total. The summed E-state index contributed by atoms with van der Waals surface area (Å²) in [6.45, 7) is 3.52. The molecule has 78 valence electrons. The molecule has 0 radical (unpaired) electrons. The van der Waals surface area contributed by atoms with Gasteiger partial charge in [-0.15, -0.1) is 0 Å². The molecular formula is C10H12N4O. The van der Waals surface area contributed by atoms with Crippen LogP contribution in [-0.2, 0) is 7.05 Å². The Bertz CT molecular complexity index is 553. The fourth-order valence-corrected chi connectivity index (χ4v) is 1.47. The number of nitrogens with zero attached hydrogens (tertiary/aromatic N) is 3. The van der Waals surface area contributed by atoms with Crippen molar-refractivity contribution in [2.45, 2.75) is 13.8 Å². The number of nitrogens with one attached hydrogen (secondary N) is 1. The van der Waals surface area contributed by atoms with Gasteiger partial charge in [0.15, 0.2) is 0 Å². The third kappa shape index (κ3) is 1.68. The molecule has 0 aliphatic carbocycles. The van der Waals surface area contributed by atoms with E-state index in [1.807, 2.05) is 13.2 Å². The van der Waals surface area contributed by atoms with Crippen LogP contribution < -0.4 is 5.56 Å². The minimum absolute atomic E-state index is 0.0960. The molecule has 5 heteroatoms. The molecule has 0 aliphatic rings. The molecule has 0 bridgehead atoms. The Kier molecular flexibility index (Phi) is 2.15. The van der Waals surface area contributed by atoms with Crippen molar-refractivity contribution >= 4 is 0 Å². The van der Waals surface area contributed by atoms with Gasteiger partial charge in [0, 0.05) is 24.4 Å². The van der Waals surface area contributed by atoms with Gasteiger partial charge in [-0.2, -0.15) is 5.10 Å². The zero-order valence-electron chi connectivity index (χ0n) is 8.90. The highest BCUT2D eigenvalue weighted by Gasteiger charge is 2.09. The van der Waals surface area contributed by atoms with Gasteiger partial charge in [0.25, 0.3) is 5.56 Å². The van der Waals surface area contributed by atoms with Gasteiger partial charge < -0.3 is 4.98 Å². The quantitative estimate of drug-likeness (QED) is 0.746. The van der Waals surface area contributed by atoms with Crippen LogP contribution >= 0.6 is 0 Å². The molecular weight excluding hydrogens is 192 g/mol. The lowest BCUT2D eigenvalue weighted by molar-refractivity contribution is 0.768. The fraction of sp³-hybridized carbons (Fsp3) is 0.300. The fourth-order valence-electron chi connectivity index (χ4n) is 1.47. The Morgan fingerprint density at radius 3 is 2.73 bits per heavy atom. The van der Waals surface area contributed by atoms with E-state index in [1.165, 1.54) is 0 Å². The third-order valence-electron chi connectivity index (χ3n) is 2.25. The summed E-state index contributed by atoms with van der Waals surface area (Å²) in [5, 5.41) is 4.06. The van der Waals surface area contributed by atoms with Crippen LogP contribution in [0.1, 0.15) is 11.4 Å². The molecule has 2 rings (SSSR count). The number of aromatic amines is 1. The number of hydrogen-bond donors (Lipinski definition) is 1. The first-order valence-electron chi connectivity index (χ1n) is 4.64. The van der Waals surface area contributed by atoms with E-state index in [0.717, 1.165) is 5.56 Å². The highest BCUT2D eigenvalue weighted by atomic mass is 16.1. The zero-order valence-corrected chi connectivity index (χ0v) is 8.90. The number of H-pyrrole nitrogens is 1. The van der Waals surface area contributed by atoms with Gasteiger partial charge in [0.1, 0.15) is 5.82 Å². The maximum absolute atomic E-state index is 11.5. The van der Waals surface area contributed by atoms with E-state index in [9.17, 15) is 4.79 Å². The van der Waals surface area contributed by atoms with E-state index in [0.29, 0.717) is 17.1 Å². The molecule has 0 aromatic carbocycles. The predicted octanol–water partition coefficient (Wildman–Crippen LogP) is 0.787. The molecule has 0 saturated carbocycles. The van der Waals surface area contributed by atoms with E-state index in [-0.39, 0.29) is 5.56 Å². The van der Waals surface area contributed by atoms with Crippen LogP contribution in [0.15, 0.2) is 17.2 Å². The van der Waals surface area contributed by atoms with Crippen molar-refractivity contribution in [1.82, 2.24) is 19.7 Å². The molecule has 0 amide bonds. The van der Waals surface area contributed by atoms with Crippen molar-refractivity contribution in [3.05, 3.63) is 34.1 Å². The Morgan fingerprint density at radius 2 is 2.13 bits per heavy atom. The van der Waals surface area contributed by atoms with Crippen molar-refractivity contribution < 1.29 is 0 Å². The van der Waals surface area contributed by atoms with Crippen molar-refractivity contribution in [3.63, 3.8) is 0 Å². The second kappa shape index (κ2) is 3.34. The van der Waals surface area contributed by atoms with Crippen molar-refractivity contribution in [3.8, 4) is 11.3 Å². The first kappa shape index (κ1) is 9.64. The normalized spacial score (nSPS) is 10.6. The first-order valence-corrected chi connectivity index (χ1v) is 4.64. The van der Waals surface area contributed by atoms with Crippen molar-refractivity contribution in [2.24, 2.45) is 7.05 Å². The Balaban J connectivity index is 2.67. The third-order valence-corrected chi connectivity index (χ3v) is 2.25. The monoisotopic (exact) mass is 204 g/mol. The number of hydrogen-bond acceptors (Lipinski definition) is 3. The SMILES string of the molecule is Cc1nc(-c2cnn(C)c2)c(C)c(=O)[nH]1. The summed E-state index contributed by atoms with van der Waals surface area (Å²) in [6, 6.07) is 0. The second-order valence-corrected chi connectivity index (χ2v) is 3.53. The Labute approximate surface area is 86.8 Å². The summed E-state index contributed by atoms with van der Waals surface area (Å²) >= 11 is 0. The molecule has 2 heterocycles. The molecule has 0 aliphatic heterocycles. The molecule has 0 unspecified atom stereocenters. The largest absolute Gasteiger partial charge is 0.311 e. The summed E-state index contributed by atoms with van der Waals surface area (Å²) < 4.78 is 1.69. The summed E-state index contributed by atoms with van der Waals surface area (Å²) in [4.78, 5) is 18.5. The molecule has 0 atom stereocenters. The molecule has 0 fully saturated rings. The smallest absolute Gasteiger partial charge is 0.254 e. The number of rotatable bonds is 1. The Hall–Kier alpha value is -1.91. The van der Waals surface area contributed by atoms with E-state index in [2.05, 4.69) is 15.1 Å². The summed E-state index contributed by atoms with van der Waals surface area (Å²) in [7, 11) is 1.83. The van der Waals surface area contributed by atoms with Crippen LogP contribution in [0.3, 0.4) is 0 Å². The van der Waals surface area contributed by atoms with Crippen LogP contribution in [0.2, 0.25) is 0 Å². The van der Waals surface area contributed by atoms with Gasteiger partial charge in [-0.05, 0) is 13.8 Å². The number of aromatic nitrogens is 4. The molecule has 0 spiro atoms. The topological polar surface area (TPSA) is 63.6 Å². The molecule has 2 aromatic heterocycles. The van der Waals surface area contributed by atoms with E-state index in [4.69, 9.17) is 0 Å². The van der Waals surface area contributed by atoms with E-state index < -0.39 is 0 Å². The zero-order chi connectivity index (χ0) is 11.0. The maximum atomic E-state index is 11.5. The maximum Gasteiger partial charge on any atom is 0.254 e. The van der Waals surface area contributed by atoms with Crippen LogP contribution in [0.4, 0.5) is 0 Å². The average molecular weight is 204 g/mol. The molecule has 15 heavy (non-hydrogen) atoms. The van der Waals surface area contributed by atoms with Gasteiger partial charge in [0.2, 0.25) is 0 Å². The lowest BCUT2D eigenvalue weighted by Gasteiger charge is -2.02. The number of aryl methyl sites for hydroxylation is 2. The summed E-state index contributed by atoms with van der Waals surface area (Å²) in [6.07, 6.45) is 3.54. The minimum atomic E-state index is -0.0960. The van der Waals surface area contributed by atoms with Crippen molar-refractivity contribution in [1.29, 1.82) is 0 Å². The van der Waals surface area contributed by atoms with Gasteiger partial charge in [-0.1, -0.05) is 0 Å². The van der Waals surface area contributed by atoms with Gasteiger partial charge in [0.05, 0.1) is 11.9 Å². The predicted molar refractivity (Wildman–Crippen MR) is 56.5 cm³/mol. The molecule has 2 aromatic rings. The van der Waals surface area contributed by atoms with Crippen LogP contribution in [-0.4, -0.2) is 19.7 Å². The first-order chi connectivity index (χ1) is 7.08. The highest BCUT2D eigenvalue weighted by Crippen LogP contribution is 2.17. The van der Waals surface area contributed by atoms with Gasteiger partial charge in [-0.25, -0.2) is 4.98 Å². The summed E-state index contributed by atoms with van der Waals surface area (Å²) in [5.74, 6) is 0.615. The minimum Gasteiger partial charge on any atom is -0.311 e.